The molecule has 30 heavy (non-hydrogen) atoms. The second kappa shape index (κ2) is 7.90. The van der Waals surface area contributed by atoms with Gasteiger partial charge in [0.05, 0.1) is 24.2 Å². The molecule has 1 aliphatic heterocycles. The molecule has 8 heteroatoms. The van der Waals surface area contributed by atoms with Crippen molar-refractivity contribution in [2.24, 2.45) is 0 Å². The number of amides is 3. The third kappa shape index (κ3) is 3.59. The number of aromatic nitrogens is 2. The van der Waals surface area contributed by atoms with Gasteiger partial charge in [0.2, 0.25) is 5.89 Å². The van der Waals surface area contributed by atoms with Crippen molar-refractivity contribution in [2.45, 2.75) is 26.4 Å². The van der Waals surface area contributed by atoms with E-state index in [0.29, 0.717) is 34.8 Å². The number of fused-ring (bicyclic) bond motifs is 1. The summed E-state index contributed by atoms with van der Waals surface area (Å²) in [5.74, 6) is 0.176. The quantitative estimate of drug-likeness (QED) is 0.586. The smallest absolute Gasteiger partial charge is 0.261 e. The Labute approximate surface area is 173 Å². The third-order valence-corrected chi connectivity index (χ3v) is 4.97. The standard InChI is InChI=1S/C22H20N4O4/c1-3-18-23-19(30-24-18)13-25(2)20(27)15-10-8-14(9-11-15)12-26-21(28)16-6-4-5-7-17(16)22(26)29/h4-11H,3,12-13H2,1-2H3. The Morgan fingerprint density at radius 3 is 2.23 bits per heavy atom. The lowest BCUT2D eigenvalue weighted by molar-refractivity contribution is 0.0641. The van der Waals surface area contributed by atoms with Gasteiger partial charge in [0.1, 0.15) is 0 Å². The normalized spacial score (nSPS) is 12.9. The van der Waals surface area contributed by atoms with E-state index in [1.165, 1.54) is 9.80 Å². The van der Waals surface area contributed by atoms with Gasteiger partial charge in [-0.05, 0) is 29.8 Å². The number of benzene rings is 2. The van der Waals surface area contributed by atoms with Gasteiger partial charge in [0.15, 0.2) is 5.82 Å². The number of hydrogen-bond acceptors (Lipinski definition) is 6. The van der Waals surface area contributed by atoms with E-state index >= 15 is 0 Å². The van der Waals surface area contributed by atoms with E-state index in [2.05, 4.69) is 10.1 Å². The van der Waals surface area contributed by atoms with E-state index in [0.717, 1.165) is 5.56 Å². The fourth-order valence-electron chi connectivity index (χ4n) is 3.31. The second-order valence-corrected chi connectivity index (χ2v) is 7.06. The van der Waals surface area contributed by atoms with Crippen LogP contribution in [0.5, 0.6) is 0 Å². The van der Waals surface area contributed by atoms with E-state index in [-0.39, 0.29) is 30.8 Å². The maximum absolute atomic E-state index is 12.7. The first-order valence-electron chi connectivity index (χ1n) is 9.59. The summed E-state index contributed by atoms with van der Waals surface area (Å²) in [4.78, 5) is 44.6. The topological polar surface area (TPSA) is 96.6 Å². The van der Waals surface area contributed by atoms with Crippen molar-refractivity contribution >= 4 is 17.7 Å². The molecule has 2 aromatic carbocycles. The summed E-state index contributed by atoms with van der Waals surface area (Å²) in [5, 5.41) is 3.82. The van der Waals surface area contributed by atoms with Crippen LogP contribution in [0.15, 0.2) is 53.1 Å². The van der Waals surface area contributed by atoms with Crippen LogP contribution < -0.4 is 0 Å². The van der Waals surface area contributed by atoms with Crippen molar-refractivity contribution in [2.75, 3.05) is 7.05 Å². The van der Waals surface area contributed by atoms with Gasteiger partial charge >= 0.3 is 0 Å². The van der Waals surface area contributed by atoms with Crippen molar-refractivity contribution in [3.05, 3.63) is 82.5 Å². The molecule has 0 aliphatic carbocycles. The van der Waals surface area contributed by atoms with Crippen LogP contribution in [0, 0.1) is 0 Å². The van der Waals surface area contributed by atoms with Gasteiger partial charge in [-0.3, -0.25) is 19.3 Å². The van der Waals surface area contributed by atoms with E-state index < -0.39 is 0 Å². The van der Waals surface area contributed by atoms with Gasteiger partial charge in [-0.25, -0.2) is 0 Å². The number of imide groups is 1. The molecular formula is C22H20N4O4. The molecule has 152 valence electrons. The van der Waals surface area contributed by atoms with Crippen LogP contribution in [0.1, 0.15) is 55.3 Å². The highest BCUT2D eigenvalue weighted by molar-refractivity contribution is 6.21. The maximum atomic E-state index is 12.7. The third-order valence-electron chi connectivity index (χ3n) is 4.97. The fourth-order valence-corrected chi connectivity index (χ4v) is 3.31. The molecule has 3 aromatic rings. The number of aryl methyl sites for hydroxylation is 1. The highest BCUT2D eigenvalue weighted by Gasteiger charge is 2.34. The molecule has 0 spiro atoms. The van der Waals surface area contributed by atoms with Crippen molar-refractivity contribution in [1.82, 2.24) is 19.9 Å². The summed E-state index contributed by atoms with van der Waals surface area (Å²) in [5.41, 5.74) is 2.08. The van der Waals surface area contributed by atoms with Crippen LogP contribution >= 0.6 is 0 Å². The molecule has 0 bridgehead atoms. The van der Waals surface area contributed by atoms with Crippen molar-refractivity contribution in [3.8, 4) is 0 Å². The zero-order chi connectivity index (χ0) is 21.3. The van der Waals surface area contributed by atoms with Gasteiger partial charge in [-0.15, -0.1) is 0 Å². The number of carbonyl (C=O) groups is 3. The Morgan fingerprint density at radius 1 is 1.03 bits per heavy atom. The minimum atomic E-state index is -0.304. The molecular weight excluding hydrogens is 384 g/mol. The van der Waals surface area contributed by atoms with Crippen molar-refractivity contribution in [3.63, 3.8) is 0 Å². The Kier molecular flexibility index (Phi) is 5.14. The first-order chi connectivity index (χ1) is 14.5. The Morgan fingerprint density at radius 2 is 1.67 bits per heavy atom. The van der Waals surface area contributed by atoms with E-state index in [1.807, 2.05) is 6.92 Å². The largest absolute Gasteiger partial charge is 0.337 e. The minimum Gasteiger partial charge on any atom is -0.337 e. The highest BCUT2D eigenvalue weighted by Crippen LogP contribution is 2.24. The molecule has 4 rings (SSSR count). The summed E-state index contributed by atoms with van der Waals surface area (Å²) in [7, 11) is 1.66. The van der Waals surface area contributed by atoms with Crippen LogP contribution in [-0.2, 0) is 19.5 Å². The molecule has 3 amide bonds. The Balaban J connectivity index is 1.42. The van der Waals surface area contributed by atoms with E-state index in [4.69, 9.17) is 4.52 Å². The minimum absolute atomic E-state index is 0.151. The SMILES string of the molecule is CCc1noc(CN(C)C(=O)c2ccc(CN3C(=O)c4ccccc4C3=O)cc2)n1. The van der Waals surface area contributed by atoms with E-state index in [1.54, 1.807) is 55.6 Å². The van der Waals surface area contributed by atoms with Crippen LogP contribution in [0.4, 0.5) is 0 Å². The summed E-state index contributed by atoms with van der Waals surface area (Å²) in [6.07, 6.45) is 0.662. The Bertz CT molecular complexity index is 1090. The molecule has 8 nitrogen and oxygen atoms in total. The molecule has 1 aliphatic rings. The van der Waals surface area contributed by atoms with Gasteiger partial charge < -0.3 is 9.42 Å². The molecule has 1 aromatic heterocycles. The zero-order valence-electron chi connectivity index (χ0n) is 16.7. The van der Waals surface area contributed by atoms with Crippen LogP contribution in [0.2, 0.25) is 0 Å². The van der Waals surface area contributed by atoms with E-state index in [9.17, 15) is 14.4 Å². The lowest BCUT2D eigenvalue weighted by Gasteiger charge is -2.16. The van der Waals surface area contributed by atoms with Gasteiger partial charge in [0, 0.05) is 19.0 Å². The molecule has 0 radical (unpaired) electrons. The summed E-state index contributed by atoms with van der Waals surface area (Å²) < 4.78 is 5.13. The Hall–Kier alpha value is -3.81. The number of carbonyl (C=O) groups excluding carboxylic acids is 3. The highest BCUT2D eigenvalue weighted by atomic mass is 16.5. The molecule has 0 N–H and O–H groups in total. The summed E-state index contributed by atoms with van der Waals surface area (Å²) >= 11 is 0. The van der Waals surface area contributed by atoms with Gasteiger partial charge in [-0.2, -0.15) is 4.98 Å². The molecule has 0 saturated heterocycles. The molecule has 0 atom stereocenters. The number of nitrogens with zero attached hydrogens (tertiary/aromatic N) is 4. The fraction of sp³-hybridized carbons (Fsp3) is 0.227. The summed E-state index contributed by atoms with van der Waals surface area (Å²) in [6, 6.07) is 13.6. The van der Waals surface area contributed by atoms with Gasteiger partial charge in [0.25, 0.3) is 17.7 Å². The summed E-state index contributed by atoms with van der Waals surface area (Å²) in [6.45, 7) is 2.29. The average molecular weight is 404 g/mol. The van der Waals surface area contributed by atoms with Crippen LogP contribution in [0.25, 0.3) is 0 Å². The molecule has 2 heterocycles. The predicted octanol–water partition coefficient (Wildman–Crippen LogP) is 2.70. The average Bonchev–Trinajstić information content (AvgIpc) is 3.32. The van der Waals surface area contributed by atoms with Crippen molar-refractivity contribution < 1.29 is 18.9 Å². The second-order valence-electron chi connectivity index (χ2n) is 7.06. The maximum Gasteiger partial charge on any atom is 0.261 e. The molecule has 0 fully saturated rings. The predicted molar refractivity (Wildman–Crippen MR) is 107 cm³/mol. The van der Waals surface area contributed by atoms with Crippen molar-refractivity contribution in [1.29, 1.82) is 0 Å². The first kappa shape index (κ1) is 19.5. The van der Waals surface area contributed by atoms with Gasteiger partial charge in [-0.1, -0.05) is 36.3 Å². The monoisotopic (exact) mass is 404 g/mol. The molecule has 0 unspecified atom stereocenters. The lowest BCUT2D eigenvalue weighted by Crippen LogP contribution is -2.29. The zero-order valence-corrected chi connectivity index (χ0v) is 16.7. The lowest BCUT2D eigenvalue weighted by atomic mass is 10.1. The van der Waals surface area contributed by atoms with Crippen LogP contribution in [-0.4, -0.2) is 44.7 Å². The molecule has 0 saturated carbocycles. The number of rotatable bonds is 6. The number of hydrogen-bond donors (Lipinski definition) is 0. The van der Waals surface area contributed by atoms with Crippen LogP contribution in [0.3, 0.4) is 0 Å². The first-order valence-corrected chi connectivity index (χ1v) is 9.59.